The number of nitrogens with zero attached hydrogens (tertiary/aromatic N) is 4. The van der Waals surface area contributed by atoms with E-state index in [0.29, 0.717) is 29.2 Å². The van der Waals surface area contributed by atoms with E-state index in [9.17, 15) is 9.90 Å². The van der Waals surface area contributed by atoms with Gasteiger partial charge >= 0.3 is 5.91 Å². The summed E-state index contributed by atoms with van der Waals surface area (Å²) < 4.78 is 6.97. The van der Waals surface area contributed by atoms with Gasteiger partial charge in [0.25, 0.3) is 0 Å². The highest BCUT2D eigenvalue weighted by atomic mass is 16.3. The molecule has 1 saturated carbocycles. The Balaban J connectivity index is 1.48. The van der Waals surface area contributed by atoms with Crippen LogP contribution in [-0.4, -0.2) is 33.1 Å². The molecule has 0 radical (unpaired) electrons. The molecule has 5 rings (SSSR count). The summed E-state index contributed by atoms with van der Waals surface area (Å²) in [5.74, 6) is -0.431. The van der Waals surface area contributed by atoms with Crippen molar-refractivity contribution in [3.05, 3.63) is 48.4 Å². The topological polar surface area (TPSA) is 83.3 Å². The lowest BCUT2D eigenvalue weighted by molar-refractivity contribution is 0.0968. The van der Waals surface area contributed by atoms with Crippen LogP contribution < -0.4 is 0 Å². The quantitative estimate of drug-likeness (QED) is 0.547. The van der Waals surface area contributed by atoms with Crippen molar-refractivity contribution in [1.82, 2.24) is 9.47 Å². The molecule has 1 aromatic carbocycles. The number of hydrogen-bond donors (Lipinski definition) is 1. The highest BCUT2D eigenvalue weighted by Crippen LogP contribution is 2.53. The summed E-state index contributed by atoms with van der Waals surface area (Å²) in [6.07, 6.45) is 4.99. The summed E-state index contributed by atoms with van der Waals surface area (Å²) in [5, 5.41) is 19.7. The Bertz CT molecular complexity index is 1160. The zero-order valence-corrected chi connectivity index (χ0v) is 18.2. The molecule has 3 aromatic rings. The van der Waals surface area contributed by atoms with Crippen LogP contribution in [0.3, 0.4) is 0 Å². The van der Waals surface area contributed by atoms with Gasteiger partial charge in [-0.1, -0.05) is 39.0 Å². The highest BCUT2D eigenvalue weighted by molar-refractivity contribution is 5.96. The molecule has 7 heteroatoms. The number of para-hydroxylation sites is 1. The average Bonchev–Trinajstić information content (AvgIpc) is 3.37. The molecule has 2 aromatic heterocycles. The van der Waals surface area contributed by atoms with Crippen LogP contribution in [0.1, 0.15) is 50.6 Å². The predicted octanol–water partition coefficient (Wildman–Crippen LogP) is 5.72. The number of aromatic hydroxyl groups is 1. The minimum atomic E-state index is -0.579. The van der Waals surface area contributed by atoms with Gasteiger partial charge in [-0.2, -0.15) is 0 Å². The maximum absolute atomic E-state index is 12.2. The first-order chi connectivity index (χ1) is 14.7. The molecule has 1 amide bonds. The van der Waals surface area contributed by atoms with Gasteiger partial charge in [-0.3, -0.25) is 14.3 Å². The van der Waals surface area contributed by atoms with Crippen LogP contribution in [0.15, 0.2) is 57.3 Å². The first-order valence-corrected chi connectivity index (χ1v) is 10.8. The standard InChI is InChI=1S/C24H28N4O3/c1-23(2)11-16-12-24(3,13-23)14-27(16)15-28-18-8-5-4-7-17(18)20(22(28)30)25-26-21(29)19-9-6-10-31-19/h4-10,16,30H,11-15H2,1-3H3/t16-,24+/m1/s1. The zero-order valence-electron chi connectivity index (χ0n) is 18.2. The zero-order chi connectivity index (χ0) is 21.8. The first kappa shape index (κ1) is 20.0. The molecule has 1 aliphatic heterocycles. The maximum atomic E-state index is 12.2. The molecule has 2 fully saturated rings. The number of hydrogen-bond acceptors (Lipinski definition) is 5. The van der Waals surface area contributed by atoms with Gasteiger partial charge in [0.05, 0.1) is 18.4 Å². The van der Waals surface area contributed by atoms with Crippen LogP contribution in [0.25, 0.3) is 10.9 Å². The largest absolute Gasteiger partial charge is 0.493 e. The van der Waals surface area contributed by atoms with E-state index in [0.717, 1.165) is 23.9 Å². The van der Waals surface area contributed by atoms with E-state index in [1.165, 1.54) is 25.2 Å². The molecular formula is C24H28N4O3. The lowest BCUT2D eigenvalue weighted by Crippen LogP contribution is -2.35. The van der Waals surface area contributed by atoms with Crippen molar-refractivity contribution in [2.45, 2.75) is 52.7 Å². The van der Waals surface area contributed by atoms with Crippen molar-refractivity contribution in [2.75, 3.05) is 6.54 Å². The molecule has 0 unspecified atom stereocenters. The van der Waals surface area contributed by atoms with E-state index in [2.05, 4.69) is 35.9 Å². The summed E-state index contributed by atoms with van der Waals surface area (Å²) in [6.45, 7) is 8.70. The lowest BCUT2D eigenvalue weighted by atomic mass is 9.65. The smallest absolute Gasteiger partial charge is 0.331 e. The normalized spacial score (nSPS) is 25.6. The number of aromatic nitrogens is 1. The Morgan fingerprint density at radius 2 is 2.00 bits per heavy atom. The molecule has 1 N–H and O–H groups in total. The summed E-state index contributed by atoms with van der Waals surface area (Å²) in [6, 6.07) is 11.4. The van der Waals surface area contributed by atoms with Crippen LogP contribution in [0, 0.1) is 10.8 Å². The Kier molecular flexibility index (Phi) is 4.55. The summed E-state index contributed by atoms with van der Waals surface area (Å²) in [4.78, 5) is 14.7. The van der Waals surface area contributed by atoms with Crippen molar-refractivity contribution in [1.29, 1.82) is 0 Å². The van der Waals surface area contributed by atoms with Gasteiger partial charge in [0.15, 0.2) is 11.4 Å². The van der Waals surface area contributed by atoms with Crippen molar-refractivity contribution >= 4 is 22.5 Å². The number of rotatable bonds is 4. The Morgan fingerprint density at radius 3 is 2.77 bits per heavy atom. The van der Waals surface area contributed by atoms with Crippen LogP contribution >= 0.6 is 0 Å². The third-order valence-corrected chi connectivity index (χ3v) is 6.74. The van der Waals surface area contributed by atoms with Gasteiger partial charge in [0, 0.05) is 18.0 Å². The van der Waals surface area contributed by atoms with Crippen LogP contribution in [0.5, 0.6) is 5.88 Å². The molecule has 31 heavy (non-hydrogen) atoms. The molecule has 2 bridgehead atoms. The summed E-state index contributed by atoms with van der Waals surface area (Å²) >= 11 is 0. The third kappa shape index (κ3) is 3.57. The number of furan rings is 1. The molecular weight excluding hydrogens is 392 g/mol. The Morgan fingerprint density at radius 1 is 1.19 bits per heavy atom. The van der Waals surface area contributed by atoms with Gasteiger partial charge in [-0.25, -0.2) is 0 Å². The molecule has 1 saturated heterocycles. The van der Waals surface area contributed by atoms with Crippen molar-refractivity contribution in [3.8, 4) is 5.88 Å². The Hall–Kier alpha value is -2.93. The molecule has 3 heterocycles. The molecule has 2 atom stereocenters. The van der Waals surface area contributed by atoms with E-state index in [1.54, 1.807) is 6.07 Å². The van der Waals surface area contributed by atoms with Gasteiger partial charge in [0.2, 0.25) is 5.88 Å². The number of likely N-dealkylation sites (tertiary alicyclic amines) is 1. The van der Waals surface area contributed by atoms with Gasteiger partial charge in [-0.15, -0.1) is 10.2 Å². The minimum absolute atomic E-state index is 0.0306. The molecule has 2 aliphatic rings. The monoisotopic (exact) mass is 420 g/mol. The highest BCUT2D eigenvalue weighted by Gasteiger charge is 2.49. The Labute approximate surface area is 181 Å². The van der Waals surface area contributed by atoms with Crippen LogP contribution in [0.4, 0.5) is 5.69 Å². The van der Waals surface area contributed by atoms with Crippen LogP contribution in [-0.2, 0) is 6.67 Å². The second-order valence-electron chi connectivity index (χ2n) is 10.2. The van der Waals surface area contributed by atoms with Gasteiger partial charge in [-0.05, 0) is 48.3 Å². The van der Waals surface area contributed by atoms with E-state index in [4.69, 9.17) is 4.42 Å². The second kappa shape index (κ2) is 7.05. The molecule has 1 aliphatic carbocycles. The van der Waals surface area contributed by atoms with Crippen molar-refractivity contribution in [3.63, 3.8) is 0 Å². The summed E-state index contributed by atoms with van der Waals surface area (Å²) in [5.41, 5.74) is 1.83. The number of carbonyl (C=O) groups is 1. The lowest BCUT2D eigenvalue weighted by Gasteiger charge is -2.40. The predicted molar refractivity (Wildman–Crippen MR) is 117 cm³/mol. The number of carbonyl (C=O) groups excluding carboxylic acids is 1. The fourth-order valence-electron chi connectivity index (χ4n) is 5.98. The van der Waals surface area contributed by atoms with E-state index in [-0.39, 0.29) is 11.6 Å². The van der Waals surface area contributed by atoms with Crippen molar-refractivity contribution in [2.24, 2.45) is 21.1 Å². The third-order valence-electron chi connectivity index (χ3n) is 6.74. The maximum Gasteiger partial charge on any atom is 0.331 e. The number of azo groups is 1. The van der Waals surface area contributed by atoms with Crippen molar-refractivity contribution < 1.29 is 14.3 Å². The number of benzene rings is 1. The number of amides is 1. The van der Waals surface area contributed by atoms with Gasteiger partial charge < -0.3 is 9.52 Å². The summed E-state index contributed by atoms with van der Waals surface area (Å²) in [7, 11) is 0. The fourth-order valence-corrected chi connectivity index (χ4v) is 5.98. The molecule has 162 valence electrons. The van der Waals surface area contributed by atoms with E-state index >= 15 is 0 Å². The van der Waals surface area contributed by atoms with Gasteiger partial charge in [0.1, 0.15) is 0 Å². The van der Waals surface area contributed by atoms with E-state index < -0.39 is 5.91 Å². The minimum Gasteiger partial charge on any atom is -0.493 e. The molecule has 0 spiro atoms. The average molecular weight is 421 g/mol. The number of fused-ring (bicyclic) bond motifs is 3. The molecule has 7 nitrogen and oxygen atoms in total. The van der Waals surface area contributed by atoms with Crippen LogP contribution in [0.2, 0.25) is 0 Å². The SMILES string of the molecule is CC1(C)C[C@@H]2C[C@](C)(CN2Cn2c(O)c(N=NC(=O)c3ccco3)c3ccccc32)C1. The first-order valence-electron chi connectivity index (χ1n) is 10.8. The second-order valence-corrected chi connectivity index (χ2v) is 10.2. The fraction of sp³-hybridized carbons (Fsp3) is 0.458. The van der Waals surface area contributed by atoms with E-state index in [1.807, 2.05) is 28.8 Å².